The van der Waals surface area contributed by atoms with Gasteiger partial charge in [-0.3, -0.25) is 0 Å². The van der Waals surface area contributed by atoms with E-state index in [0.29, 0.717) is 6.61 Å². The number of nitrogens with two attached hydrogens (primary N) is 1. The fourth-order valence-corrected chi connectivity index (χ4v) is 1.57. The van der Waals surface area contributed by atoms with Gasteiger partial charge in [-0.15, -0.1) is 0 Å². The minimum atomic E-state index is 0.508. The van der Waals surface area contributed by atoms with E-state index in [4.69, 9.17) is 10.5 Å². The standard InChI is InChI=1S/C13H13NO/c1-2-9-15-13-8-7-12(14)10-5-3-4-6-11(10)13/h2-8H,1,9,14H2. The summed E-state index contributed by atoms with van der Waals surface area (Å²) in [5, 5.41) is 2.07. The molecule has 0 atom stereocenters. The smallest absolute Gasteiger partial charge is 0.127 e. The van der Waals surface area contributed by atoms with Crippen molar-refractivity contribution in [2.75, 3.05) is 12.3 Å². The van der Waals surface area contributed by atoms with E-state index < -0.39 is 0 Å². The molecule has 2 aromatic rings. The maximum Gasteiger partial charge on any atom is 0.127 e. The molecule has 15 heavy (non-hydrogen) atoms. The first-order valence-corrected chi connectivity index (χ1v) is 4.84. The highest BCUT2D eigenvalue weighted by molar-refractivity contribution is 5.96. The Labute approximate surface area is 89.0 Å². The Balaban J connectivity index is 2.56. The number of nitrogen functional groups attached to an aromatic ring is 1. The Bertz CT molecular complexity index is 491. The number of fused-ring (bicyclic) bond motifs is 1. The molecule has 0 spiro atoms. The van der Waals surface area contributed by atoms with E-state index in [9.17, 15) is 0 Å². The van der Waals surface area contributed by atoms with Gasteiger partial charge in [-0.05, 0) is 12.1 Å². The lowest BCUT2D eigenvalue weighted by Gasteiger charge is -2.08. The van der Waals surface area contributed by atoms with Gasteiger partial charge in [-0.1, -0.05) is 36.9 Å². The Morgan fingerprint density at radius 3 is 2.60 bits per heavy atom. The molecular formula is C13H13NO. The summed E-state index contributed by atoms with van der Waals surface area (Å²) >= 11 is 0. The van der Waals surface area contributed by atoms with Crippen molar-refractivity contribution >= 4 is 16.5 Å². The van der Waals surface area contributed by atoms with Crippen LogP contribution in [0.4, 0.5) is 5.69 Å². The van der Waals surface area contributed by atoms with Crippen molar-refractivity contribution in [2.24, 2.45) is 0 Å². The van der Waals surface area contributed by atoms with Gasteiger partial charge in [0.1, 0.15) is 12.4 Å². The van der Waals surface area contributed by atoms with Crippen LogP contribution in [0.25, 0.3) is 10.8 Å². The minimum absolute atomic E-state index is 0.508. The molecule has 2 rings (SSSR count). The SMILES string of the molecule is C=CCOc1ccc(N)c2ccccc12. The van der Waals surface area contributed by atoms with Crippen LogP contribution in [0.3, 0.4) is 0 Å². The highest BCUT2D eigenvalue weighted by atomic mass is 16.5. The van der Waals surface area contributed by atoms with Gasteiger partial charge >= 0.3 is 0 Å². The molecule has 0 aromatic heterocycles. The summed E-state index contributed by atoms with van der Waals surface area (Å²) in [6.45, 7) is 4.13. The first-order valence-electron chi connectivity index (χ1n) is 4.84. The maximum atomic E-state index is 5.88. The van der Waals surface area contributed by atoms with Gasteiger partial charge in [-0.25, -0.2) is 0 Å². The van der Waals surface area contributed by atoms with Crippen LogP contribution in [0.2, 0.25) is 0 Å². The summed E-state index contributed by atoms with van der Waals surface area (Å²) in [6, 6.07) is 11.7. The number of anilines is 1. The molecule has 0 aliphatic rings. The number of hydrogen-bond acceptors (Lipinski definition) is 2. The molecule has 0 heterocycles. The first kappa shape index (κ1) is 9.59. The maximum absolute atomic E-state index is 5.88. The van der Waals surface area contributed by atoms with Crippen LogP contribution in [-0.2, 0) is 0 Å². The van der Waals surface area contributed by atoms with E-state index in [1.54, 1.807) is 6.08 Å². The average molecular weight is 199 g/mol. The van der Waals surface area contributed by atoms with E-state index in [1.165, 1.54) is 0 Å². The van der Waals surface area contributed by atoms with Gasteiger partial charge in [0, 0.05) is 16.5 Å². The fraction of sp³-hybridized carbons (Fsp3) is 0.0769. The van der Waals surface area contributed by atoms with Gasteiger partial charge in [-0.2, -0.15) is 0 Å². The van der Waals surface area contributed by atoms with Crippen molar-refractivity contribution in [3.63, 3.8) is 0 Å². The summed E-state index contributed by atoms with van der Waals surface area (Å²) in [5.74, 6) is 0.847. The van der Waals surface area contributed by atoms with Gasteiger partial charge in [0.2, 0.25) is 0 Å². The first-order chi connectivity index (χ1) is 7.33. The summed E-state index contributed by atoms with van der Waals surface area (Å²) in [6.07, 6.45) is 1.73. The van der Waals surface area contributed by atoms with Gasteiger partial charge in [0.15, 0.2) is 0 Å². The summed E-state index contributed by atoms with van der Waals surface area (Å²) < 4.78 is 5.55. The lowest BCUT2D eigenvalue weighted by atomic mass is 10.1. The predicted molar refractivity (Wildman–Crippen MR) is 64.1 cm³/mol. The van der Waals surface area contributed by atoms with Crippen LogP contribution in [-0.4, -0.2) is 6.61 Å². The molecule has 76 valence electrons. The molecule has 0 amide bonds. The number of hydrogen-bond donors (Lipinski definition) is 1. The van der Waals surface area contributed by atoms with E-state index in [1.807, 2.05) is 36.4 Å². The Morgan fingerprint density at radius 2 is 1.87 bits per heavy atom. The molecule has 2 N–H and O–H groups in total. The van der Waals surface area contributed by atoms with E-state index in [0.717, 1.165) is 22.2 Å². The van der Waals surface area contributed by atoms with E-state index in [-0.39, 0.29) is 0 Å². The van der Waals surface area contributed by atoms with Gasteiger partial charge in [0.25, 0.3) is 0 Å². The van der Waals surface area contributed by atoms with Crippen LogP contribution in [0.5, 0.6) is 5.75 Å². The summed E-state index contributed by atoms with van der Waals surface area (Å²) in [4.78, 5) is 0. The second kappa shape index (κ2) is 4.05. The molecule has 0 saturated heterocycles. The molecule has 0 aliphatic heterocycles. The predicted octanol–water partition coefficient (Wildman–Crippen LogP) is 2.99. The average Bonchev–Trinajstić information content (AvgIpc) is 2.29. The number of benzene rings is 2. The summed E-state index contributed by atoms with van der Waals surface area (Å²) in [7, 11) is 0. The molecule has 0 fully saturated rings. The molecule has 0 radical (unpaired) electrons. The van der Waals surface area contributed by atoms with Crippen LogP contribution in [0, 0.1) is 0 Å². The lowest BCUT2D eigenvalue weighted by Crippen LogP contribution is -1.95. The van der Waals surface area contributed by atoms with Crippen LogP contribution in [0.1, 0.15) is 0 Å². The van der Waals surface area contributed by atoms with Crippen molar-refractivity contribution in [3.8, 4) is 5.75 Å². The molecular weight excluding hydrogens is 186 g/mol. The van der Waals surface area contributed by atoms with Crippen molar-refractivity contribution < 1.29 is 4.74 Å². The molecule has 0 aliphatic carbocycles. The van der Waals surface area contributed by atoms with E-state index in [2.05, 4.69) is 6.58 Å². The quantitative estimate of drug-likeness (QED) is 0.609. The zero-order chi connectivity index (χ0) is 10.7. The van der Waals surface area contributed by atoms with Crippen molar-refractivity contribution in [1.29, 1.82) is 0 Å². The lowest BCUT2D eigenvalue weighted by molar-refractivity contribution is 0.367. The van der Waals surface area contributed by atoms with Crippen molar-refractivity contribution in [3.05, 3.63) is 49.1 Å². The highest BCUT2D eigenvalue weighted by Crippen LogP contribution is 2.29. The zero-order valence-corrected chi connectivity index (χ0v) is 8.44. The topological polar surface area (TPSA) is 35.2 Å². The highest BCUT2D eigenvalue weighted by Gasteiger charge is 2.03. The molecule has 0 saturated carbocycles. The third-order valence-electron chi connectivity index (χ3n) is 2.27. The van der Waals surface area contributed by atoms with Gasteiger partial charge in [0.05, 0.1) is 0 Å². The Morgan fingerprint density at radius 1 is 1.13 bits per heavy atom. The molecule has 2 aromatic carbocycles. The monoisotopic (exact) mass is 199 g/mol. The van der Waals surface area contributed by atoms with Crippen LogP contribution < -0.4 is 10.5 Å². The third-order valence-corrected chi connectivity index (χ3v) is 2.27. The fourth-order valence-electron chi connectivity index (χ4n) is 1.57. The van der Waals surface area contributed by atoms with Gasteiger partial charge < -0.3 is 10.5 Å². The summed E-state index contributed by atoms with van der Waals surface area (Å²) in [5.41, 5.74) is 6.65. The number of rotatable bonds is 3. The van der Waals surface area contributed by atoms with Crippen LogP contribution >= 0.6 is 0 Å². The Hall–Kier alpha value is -1.96. The minimum Gasteiger partial charge on any atom is -0.489 e. The molecule has 2 heteroatoms. The van der Waals surface area contributed by atoms with Crippen LogP contribution in [0.15, 0.2) is 49.1 Å². The number of ether oxygens (including phenoxy) is 1. The van der Waals surface area contributed by atoms with Crippen molar-refractivity contribution in [2.45, 2.75) is 0 Å². The Kier molecular flexibility index (Phi) is 2.59. The molecule has 0 unspecified atom stereocenters. The van der Waals surface area contributed by atoms with Crippen molar-refractivity contribution in [1.82, 2.24) is 0 Å². The normalized spacial score (nSPS) is 10.1. The second-order valence-electron chi connectivity index (χ2n) is 3.30. The largest absolute Gasteiger partial charge is 0.489 e. The second-order valence-corrected chi connectivity index (χ2v) is 3.30. The molecule has 2 nitrogen and oxygen atoms in total. The molecule has 0 bridgehead atoms. The zero-order valence-electron chi connectivity index (χ0n) is 8.44. The third kappa shape index (κ3) is 1.79. The van der Waals surface area contributed by atoms with E-state index >= 15 is 0 Å².